The number of benzene rings is 1. The molecule has 1 saturated heterocycles. The number of hydrogen-bond acceptors (Lipinski definition) is 5. The molecule has 2 rings (SSSR count). The molecule has 0 bridgehead atoms. The van der Waals surface area contributed by atoms with Crippen molar-refractivity contribution in [2.75, 3.05) is 25.4 Å². The molecule has 1 fully saturated rings. The Balaban J connectivity index is 2.01. The van der Waals surface area contributed by atoms with E-state index in [0.717, 1.165) is 41.4 Å². The summed E-state index contributed by atoms with van der Waals surface area (Å²) in [6.45, 7) is 2.98. The quantitative estimate of drug-likeness (QED) is 0.435. The molecule has 0 amide bonds. The van der Waals surface area contributed by atoms with E-state index in [1.54, 1.807) is 21.6 Å². The van der Waals surface area contributed by atoms with Gasteiger partial charge in [-0.2, -0.15) is 0 Å². The molecule has 3 N–H and O–H groups in total. The van der Waals surface area contributed by atoms with Crippen LogP contribution < -0.4 is 5.73 Å². The van der Waals surface area contributed by atoms with E-state index in [0.29, 0.717) is 13.1 Å². The van der Waals surface area contributed by atoms with Crippen LogP contribution in [0.15, 0.2) is 35.9 Å². The Morgan fingerprint density at radius 1 is 1.48 bits per heavy atom. The number of carbonyl (C=O) groups is 1. The van der Waals surface area contributed by atoms with Crippen LogP contribution in [0.2, 0.25) is 5.02 Å². The maximum atomic E-state index is 11.1. The van der Waals surface area contributed by atoms with Gasteiger partial charge in [0, 0.05) is 48.3 Å². The second-order valence-corrected chi connectivity index (χ2v) is 8.44. The normalized spacial score (nSPS) is 20.8. The molecule has 1 aliphatic heterocycles. The minimum absolute atomic E-state index is 0.241. The molecule has 0 spiro atoms. The molecule has 7 heteroatoms. The monoisotopic (exact) mass is 372 g/mol. The van der Waals surface area contributed by atoms with Crippen LogP contribution in [0.1, 0.15) is 12.0 Å². The topological polar surface area (TPSA) is 66.6 Å². The van der Waals surface area contributed by atoms with Gasteiger partial charge in [-0.05, 0) is 23.6 Å². The molecule has 1 unspecified atom stereocenters. The summed E-state index contributed by atoms with van der Waals surface area (Å²) in [4.78, 5) is 13.4. The number of carboxylic acid groups (broad SMARTS) is 1. The molecule has 0 aliphatic carbocycles. The Kier molecular flexibility index (Phi) is 7.79. The van der Waals surface area contributed by atoms with Crippen molar-refractivity contribution in [1.82, 2.24) is 4.90 Å². The molecule has 4 nitrogen and oxygen atoms in total. The van der Waals surface area contributed by atoms with E-state index in [1.807, 2.05) is 24.3 Å². The van der Waals surface area contributed by atoms with Crippen LogP contribution in [0.4, 0.5) is 0 Å². The highest BCUT2D eigenvalue weighted by molar-refractivity contribution is 8.77. The smallest absolute Gasteiger partial charge is 0.328 e. The lowest BCUT2D eigenvalue weighted by molar-refractivity contribution is -0.131. The number of likely N-dealkylation sites (tertiary alicyclic amines) is 1. The summed E-state index contributed by atoms with van der Waals surface area (Å²) in [5, 5.41) is 10.1. The standard InChI is InChI=1S/C16H21ClN2O2S2/c17-14-4-2-1-3-12(14)10-19-7-5-15(23-22-8-6-18)13(11-19)9-16(20)21/h1-4,9,15H,5-8,10-11,18H2,(H,20,21). The van der Waals surface area contributed by atoms with Gasteiger partial charge in [-0.3, -0.25) is 4.90 Å². The minimum atomic E-state index is -0.881. The molecule has 0 saturated carbocycles. The van der Waals surface area contributed by atoms with E-state index in [4.69, 9.17) is 22.4 Å². The van der Waals surface area contributed by atoms with Crippen LogP contribution in [0.25, 0.3) is 0 Å². The first kappa shape index (κ1) is 18.7. The predicted octanol–water partition coefficient (Wildman–Crippen LogP) is 3.27. The summed E-state index contributed by atoms with van der Waals surface area (Å²) in [6, 6.07) is 7.79. The Hall–Kier alpha value is -0.660. The number of nitrogens with two attached hydrogens (primary N) is 1. The highest BCUT2D eigenvalue weighted by Crippen LogP contribution is 2.36. The molecule has 0 aromatic heterocycles. The fourth-order valence-electron chi connectivity index (χ4n) is 2.51. The lowest BCUT2D eigenvalue weighted by Gasteiger charge is -2.33. The lowest BCUT2D eigenvalue weighted by atomic mass is 10.0. The number of halogens is 1. The third kappa shape index (κ3) is 6.04. The van der Waals surface area contributed by atoms with Crippen LogP contribution in [0.3, 0.4) is 0 Å². The van der Waals surface area contributed by atoms with Gasteiger partial charge in [0.1, 0.15) is 0 Å². The number of carboxylic acids is 1. The van der Waals surface area contributed by atoms with Crippen LogP contribution in [-0.4, -0.2) is 46.6 Å². The minimum Gasteiger partial charge on any atom is -0.478 e. The molecule has 23 heavy (non-hydrogen) atoms. The van der Waals surface area contributed by atoms with Crippen molar-refractivity contribution in [3.05, 3.63) is 46.5 Å². The maximum absolute atomic E-state index is 11.1. The third-order valence-electron chi connectivity index (χ3n) is 3.57. The van der Waals surface area contributed by atoms with Crippen LogP contribution in [0.5, 0.6) is 0 Å². The molecule has 1 aliphatic rings. The van der Waals surface area contributed by atoms with E-state index < -0.39 is 5.97 Å². The maximum Gasteiger partial charge on any atom is 0.328 e. The fraction of sp³-hybridized carbons (Fsp3) is 0.438. The molecular weight excluding hydrogens is 352 g/mol. The Labute approximate surface area is 149 Å². The summed E-state index contributed by atoms with van der Waals surface area (Å²) >= 11 is 6.22. The Morgan fingerprint density at radius 3 is 2.96 bits per heavy atom. The Morgan fingerprint density at radius 2 is 2.26 bits per heavy atom. The van der Waals surface area contributed by atoms with Crippen molar-refractivity contribution in [1.29, 1.82) is 0 Å². The van der Waals surface area contributed by atoms with Crippen molar-refractivity contribution in [2.24, 2.45) is 5.73 Å². The zero-order valence-electron chi connectivity index (χ0n) is 12.8. The number of aliphatic carboxylic acids is 1. The number of nitrogens with zero attached hydrogens (tertiary/aromatic N) is 1. The van der Waals surface area contributed by atoms with Crippen LogP contribution >= 0.6 is 33.2 Å². The summed E-state index contributed by atoms with van der Waals surface area (Å²) in [6.07, 6.45) is 2.30. The SMILES string of the molecule is NCCSSC1CCN(Cc2ccccc2Cl)CC1=CC(=O)O. The highest BCUT2D eigenvalue weighted by Gasteiger charge is 2.25. The lowest BCUT2D eigenvalue weighted by Crippen LogP contribution is -2.36. The van der Waals surface area contributed by atoms with Gasteiger partial charge < -0.3 is 10.8 Å². The van der Waals surface area contributed by atoms with Gasteiger partial charge in [-0.1, -0.05) is 51.4 Å². The summed E-state index contributed by atoms with van der Waals surface area (Å²) in [5.74, 6) is -0.000721. The first-order chi connectivity index (χ1) is 11.1. The van der Waals surface area contributed by atoms with Crippen molar-refractivity contribution >= 4 is 39.2 Å². The van der Waals surface area contributed by atoms with Gasteiger partial charge in [0.15, 0.2) is 0 Å². The summed E-state index contributed by atoms with van der Waals surface area (Å²) < 4.78 is 0. The van der Waals surface area contributed by atoms with E-state index in [9.17, 15) is 4.79 Å². The van der Waals surface area contributed by atoms with E-state index in [-0.39, 0.29) is 5.25 Å². The van der Waals surface area contributed by atoms with E-state index >= 15 is 0 Å². The summed E-state index contributed by atoms with van der Waals surface area (Å²) in [5.41, 5.74) is 7.56. The zero-order chi connectivity index (χ0) is 16.7. The second-order valence-electron chi connectivity index (χ2n) is 5.34. The molecule has 126 valence electrons. The van der Waals surface area contributed by atoms with Gasteiger partial charge >= 0.3 is 5.97 Å². The van der Waals surface area contributed by atoms with Crippen molar-refractivity contribution in [3.63, 3.8) is 0 Å². The number of piperidine rings is 1. The number of hydrogen-bond donors (Lipinski definition) is 2. The van der Waals surface area contributed by atoms with Crippen LogP contribution in [-0.2, 0) is 11.3 Å². The van der Waals surface area contributed by atoms with E-state index in [2.05, 4.69) is 4.90 Å². The van der Waals surface area contributed by atoms with Crippen molar-refractivity contribution in [3.8, 4) is 0 Å². The van der Waals surface area contributed by atoms with Gasteiger partial charge in [0.05, 0.1) is 0 Å². The average Bonchev–Trinajstić information content (AvgIpc) is 2.51. The molecule has 1 heterocycles. The molecule has 0 radical (unpaired) electrons. The predicted molar refractivity (Wildman–Crippen MR) is 100.0 cm³/mol. The Bertz CT molecular complexity index is 569. The molecule has 1 aromatic carbocycles. The number of rotatable bonds is 7. The average molecular weight is 373 g/mol. The van der Waals surface area contributed by atoms with Gasteiger partial charge in [0.2, 0.25) is 0 Å². The third-order valence-corrected chi connectivity index (χ3v) is 6.86. The van der Waals surface area contributed by atoms with E-state index in [1.165, 1.54) is 6.08 Å². The highest BCUT2D eigenvalue weighted by atomic mass is 35.5. The summed E-state index contributed by atoms with van der Waals surface area (Å²) in [7, 11) is 3.45. The zero-order valence-corrected chi connectivity index (χ0v) is 15.2. The second kappa shape index (κ2) is 9.59. The van der Waals surface area contributed by atoms with Gasteiger partial charge in [-0.15, -0.1) is 0 Å². The van der Waals surface area contributed by atoms with Gasteiger partial charge in [-0.25, -0.2) is 4.79 Å². The van der Waals surface area contributed by atoms with Crippen molar-refractivity contribution < 1.29 is 9.90 Å². The molecule has 1 atom stereocenters. The largest absolute Gasteiger partial charge is 0.478 e. The van der Waals surface area contributed by atoms with Crippen LogP contribution in [0, 0.1) is 0 Å². The molecule has 1 aromatic rings. The first-order valence-electron chi connectivity index (χ1n) is 7.47. The molecular formula is C16H21ClN2O2S2. The fourth-order valence-corrected chi connectivity index (χ4v) is 5.26. The first-order valence-corrected chi connectivity index (χ1v) is 10.2. The van der Waals surface area contributed by atoms with Gasteiger partial charge in [0.25, 0.3) is 0 Å². The van der Waals surface area contributed by atoms with Crippen molar-refractivity contribution in [2.45, 2.75) is 18.2 Å².